The number of nitrogens with zero attached hydrogens (tertiary/aromatic N) is 1. The van der Waals surface area contributed by atoms with Crippen LogP contribution in [0.25, 0.3) is 0 Å². The van der Waals surface area contributed by atoms with E-state index in [4.69, 9.17) is 0 Å². The predicted molar refractivity (Wildman–Crippen MR) is 86.0 cm³/mol. The molecule has 0 aliphatic heterocycles. The number of carbonyl (C=O) groups excluding carboxylic acids is 1. The van der Waals surface area contributed by atoms with Gasteiger partial charge < -0.3 is 9.64 Å². The van der Waals surface area contributed by atoms with E-state index in [9.17, 15) is 4.79 Å². The molecule has 0 aromatic rings. The van der Waals surface area contributed by atoms with Crippen molar-refractivity contribution in [3.63, 3.8) is 0 Å². The van der Waals surface area contributed by atoms with Crippen LogP contribution in [0.3, 0.4) is 0 Å². The first-order chi connectivity index (χ1) is 9.85. The van der Waals surface area contributed by atoms with Crippen molar-refractivity contribution < 1.29 is 9.53 Å². The summed E-state index contributed by atoms with van der Waals surface area (Å²) in [7, 11) is 0. The minimum atomic E-state index is 0.542. The quantitative estimate of drug-likeness (QED) is 0.311. The molecule has 0 bridgehead atoms. The molecule has 0 aliphatic carbocycles. The Hall–Kier alpha value is -0.570. The van der Waals surface area contributed by atoms with E-state index in [1.54, 1.807) is 0 Å². The lowest BCUT2D eigenvalue weighted by atomic mass is 10.1. The lowest BCUT2D eigenvalue weighted by Crippen LogP contribution is -2.23. The van der Waals surface area contributed by atoms with Gasteiger partial charge in [-0.1, -0.05) is 65.2 Å². The Kier molecular flexibility index (Phi) is 16.0. The van der Waals surface area contributed by atoms with Crippen molar-refractivity contribution in [1.29, 1.82) is 0 Å². The molecule has 0 heterocycles. The third-order valence-corrected chi connectivity index (χ3v) is 3.95. The van der Waals surface area contributed by atoms with Gasteiger partial charge in [0.2, 0.25) is 0 Å². The Morgan fingerprint density at radius 2 is 1.20 bits per heavy atom. The topological polar surface area (TPSA) is 29.5 Å². The maximum absolute atomic E-state index is 9.93. The molecular weight excluding hydrogens is 250 g/mol. The first kappa shape index (κ1) is 19.4. The molecule has 0 aromatic heterocycles. The SMILES string of the molecule is CCN(CC)CCCCCCCCCCCCOC=O. The van der Waals surface area contributed by atoms with Crippen molar-refractivity contribution >= 4 is 6.47 Å². The monoisotopic (exact) mass is 285 g/mol. The van der Waals surface area contributed by atoms with Crippen LogP contribution in [0.15, 0.2) is 0 Å². The number of rotatable bonds is 16. The fourth-order valence-corrected chi connectivity index (χ4v) is 2.52. The van der Waals surface area contributed by atoms with Gasteiger partial charge in [-0.3, -0.25) is 4.79 Å². The van der Waals surface area contributed by atoms with Gasteiger partial charge in [-0.25, -0.2) is 0 Å². The summed E-state index contributed by atoms with van der Waals surface area (Å²) in [5.74, 6) is 0. The molecule has 0 radical (unpaired) electrons. The predicted octanol–water partition coefficient (Wildman–Crippen LogP) is 4.40. The molecule has 0 fully saturated rings. The van der Waals surface area contributed by atoms with Gasteiger partial charge in [0, 0.05) is 0 Å². The molecule has 0 amide bonds. The molecule has 3 heteroatoms. The van der Waals surface area contributed by atoms with E-state index < -0.39 is 0 Å². The van der Waals surface area contributed by atoms with E-state index in [1.807, 2.05) is 0 Å². The van der Waals surface area contributed by atoms with Crippen molar-refractivity contribution in [3.05, 3.63) is 0 Å². The standard InChI is InChI=1S/C17H35NO2/c1-3-18(4-2)15-13-11-9-7-5-6-8-10-12-14-16-20-17-19/h17H,3-16H2,1-2H3. The smallest absolute Gasteiger partial charge is 0.293 e. The molecule has 0 saturated heterocycles. The van der Waals surface area contributed by atoms with Gasteiger partial charge in [0.1, 0.15) is 0 Å². The van der Waals surface area contributed by atoms with Crippen LogP contribution in [0.2, 0.25) is 0 Å². The second-order valence-corrected chi connectivity index (χ2v) is 5.53. The molecule has 0 aromatic carbocycles. The molecule has 0 spiro atoms. The molecule has 0 unspecified atom stereocenters. The summed E-state index contributed by atoms with van der Waals surface area (Å²) in [4.78, 5) is 12.4. The zero-order valence-corrected chi connectivity index (χ0v) is 13.7. The lowest BCUT2D eigenvalue weighted by Gasteiger charge is -2.17. The Labute approximate surface area is 126 Å². The minimum absolute atomic E-state index is 0.542. The van der Waals surface area contributed by atoms with Crippen molar-refractivity contribution in [2.45, 2.75) is 78.1 Å². The second-order valence-electron chi connectivity index (χ2n) is 5.53. The van der Waals surface area contributed by atoms with Crippen molar-refractivity contribution in [2.75, 3.05) is 26.2 Å². The second kappa shape index (κ2) is 16.5. The van der Waals surface area contributed by atoms with Crippen LogP contribution in [0, 0.1) is 0 Å². The van der Waals surface area contributed by atoms with Crippen molar-refractivity contribution in [2.24, 2.45) is 0 Å². The van der Waals surface area contributed by atoms with Gasteiger partial charge in [-0.05, 0) is 32.5 Å². The van der Waals surface area contributed by atoms with Crippen LogP contribution in [0.4, 0.5) is 0 Å². The maximum Gasteiger partial charge on any atom is 0.293 e. The number of unbranched alkanes of at least 4 members (excludes halogenated alkanes) is 9. The van der Waals surface area contributed by atoms with Gasteiger partial charge in [-0.15, -0.1) is 0 Å². The molecule has 0 atom stereocenters. The first-order valence-electron chi connectivity index (χ1n) is 8.62. The summed E-state index contributed by atoms with van der Waals surface area (Å²) in [6.45, 7) is 9.28. The van der Waals surface area contributed by atoms with Crippen molar-refractivity contribution in [1.82, 2.24) is 4.90 Å². The summed E-state index contributed by atoms with van der Waals surface area (Å²) in [6.07, 6.45) is 13.1. The largest absolute Gasteiger partial charge is 0.468 e. The van der Waals surface area contributed by atoms with Gasteiger partial charge in [0.15, 0.2) is 0 Å². The zero-order chi connectivity index (χ0) is 14.9. The van der Waals surface area contributed by atoms with Gasteiger partial charge in [-0.2, -0.15) is 0 Å². The molecule has 0 N–H and O–H groups in total. The van der Waals surface area contributed by atoms with E-state index in [1.165, 1.54) is 77.4 Å². The van der Waals surface area contributed by atoms with Crippen molar-refractivity contribution in [3.8, 4) is 0 Å². The molecule has 0 saturated carbocycles. The molecule has 120 valence electrons. The number of ether oxygens (including phenoxy) is 1. The van der Waals surface area contributed by atoms with Crippen LogP contribution in [0.5, 0.6) is 0 Å². The summed E-state index contributed by atoms with van der Waals surface area (Å²) in [5, 5.41) is 0. The lowest BCUT2D eigenvalue weighted by molar-refractivity contribution is -0.128. The number of hydrogen-bond acceptors (Lipinski definition) is 3. The fourth-order valence-electron chi connectivity index (χ4n) is 2.52. The highest BCUT2D eigenvalue weighted by molar-refractivity contribution is 5.36. The highest BCUT2D eigenvalue weighted by atomic mass is 16.5. The van der Waals surface area contributed by atoms with Gasteiger partial charge >= 0.3 is 0 Å². The fraction of sp³-hybridized carbons (Fsp3) is 0.941. The molecule has 0 aliphatic rings. The summed E-state index contributed by atoms with van der Waals surface area (Å²) < 4.78 is 4.67. The molecular formula is C17H35NO2. The minimum Gasteiger partial charge on any atom is -0.468 e. The van der Waals surface area contributed by atoms with E-state index in [0.29, 0.717) is 13.1 Å². The van der Waals surface area contributed by atoms with Crippen LogP contribution < -0.4 is 0 Å². The van der Waals surface area contributed by atoms with E-state index in [2.05, 4.69) is 23.5 Å². The maximum atomic E-state index is 9.93. The Bertz CT molecular complexity index is 193. The van der Waals surface area contributed by atoms with Gasteiger partial charge in [0.25, 0.3) is 6.47 Å². The molecule has 0 rings (SSSR count). The number of hydrogen-bond donors (Lipinski definition) is 0. The third kappa shape index (κ3) is 13.9. The van der Waals surface area contributed by atoms with E-state index in [0.717, 1.165) is 6.42 Å². The Morgan fingerprint density at radius 3 is 1.65 bits per heavy atom. The Morgan fingerprint density at radius 1 is 0.750 bits per heavy atom. The Balaban J connectivity index is 3.04. The first-order valence-corrected chi connectivity index (χ1v) is 8.62. The average Bonchev–Trinajstić information content (AvgIpc) is 2.48. The van der Waals surface area contributed by atoms with E-state index in [-0.39, 0.29) is 0 Å². The third-order valence-electron chi connectivity index (χ3n) is 3.95. The molecule has 20 heavy (non-hydrogen) atoms. The summed E-state index contributed by atoms with van der Waals surface area (Å²) >= 11 is 0. The summed E-state index contributed by atoms with van der Waals surface area (Å²) in [5.41, 5.74) is 0. The zero-order valence-electron chi connectivity index (χ0n) is 13.7. The van der Waals surface area contributed by atoms with Crippen LogP contribution >= 0.6 is 0 Å². The van der Waals surface area contributed by atoms with Crippen LogP contribution in [-0.2, 0) is 9.53 Å². The highest BCUT2D eigenvalue weighted by Gasteiger charge is 1.98. The summed E-state index contributed by atoms with van der Waals surface area (Å²) in [6, 6.07) is 0. The van der Waals surface area contributed by atoms with Crippen LogP contribution in [-0.4, -0.2) is 37.6 Å². The van der Waals surface area contributed by atoms with Gasteiger partial charge in [0.05, 0.1) is 6.61 Å². The normalized spacial score (nSPS) is 10.9. The molecule has 3 nitrogen and oxygen atoms in total. The van der Waals surface area contributed by atoms with E-state index >= 15 is 0 Å². The van der Waals surface area contributed by atoms with Crippen LogP contribution in [0.1, 0.15) is 78.1 Å². The average molecular weight is 285 g/mol. The highest BCUT2D eigenvalue weighted by Crippen LogP contribution is 2.10. The number of carbonyl (C=O) groups is 1.